The molecule has 2 aromatic rings. The number of aromatic nitrogens is 1. The summed E-state index contributed by atoms with van der Waals surface area (Å²) in [6.45, 7) is 0. The van der Waals surface area contributed by atoms with Crippen LogP contribution in [0.1, 0.15) is 0 Å². The number of nitrogens with zero attached hydrogens (tertiary/aromatic N) is 1. The van der Waals surface area contributed by atoms with Crippen molar-refractivity contribution in [2.75, 3.05) is 0 Å². The molecular weight excluding hydrogens is 138 g/mol. The Morgan fingerprint density at radius 1 is 1.18 bits per heavy atom. The van der Waals surface area contributed by atoms with Gasteiger partial charge in [0.2, 0.25) is 0 Å². The van der Waals surface area contributed by atoms with Crippen molar-refractivity contribution >= 4 is 10.8 Å². The zero-order chi connectivity index (χ0) is 7.68. The summed E-state index contributed by atoms with van der Waals surface area (Å²) < 4.78 is 0.683. The van der Waals surface area contributed by atoms with Crippen molar-refractivity contribution in [3.05, 3.63) is 47.9 Å². The number of hydrogen-bond donors (Lipinski definition) is 0. The lowest BCUT2D eigenvalue weighted by atomic mass is 10.2. The van der Waals surface area contributed by atoms with Gasteiger partial charge in [0.15, 0.2) is 6.20 Å². The number of hydrogen-bond acceptors (Lipinski definition) is 1. The van der Waals surface area contributed by atoms with E-state index in [1.165, 1.54) is 6.20 Å². The first-order valence-corrected chi connectivity index (χ1v) is 3.36. The fraction of sp³-hybridized carbons (Fsp3) is 0. The normalized spacial score (nSPS) is 10.2. The van der Waals surface area contributed by atoms with E-state index in [0.29, 0.717) is 4.73 Å². The molecule has 0 aliphatic rings. The topological polar surface area (TPSA) is 26.9 Å². The van der Waals surface area contributed by atoms with E-state index in [9.17, 15) is 5.21 Å². The maximum Gasteiger partial charge on any atom is 0.165 e. The lowest BCUT2D eigenvalue weighted by Gasteiger charge is -2.03. The van der Waals surface area contributed by atoms with Crippen LogP contribution in [0.2, 0.25) is 0 Å². The second kappa shape index (κ2) is 2.23. The van der Waals surface area contributed by atoms with Crippen molar-refractivity contribution < 1.29 is 4.73 Å². The molecule has 2 rings (SSSR count). The van der Waals surface area contributed by atoms with Crippen LogP contribution in [0.3, 0.4) is 0 Å². The van der Waals surface area contributed by atoms with E-state index in [0.717, 1.165) is 10.8 Å². The summed E-state index contributed by atoms with van der Waals surface area (Å²) in [6, 6.07) is 9.42. The van der Waals surface area contributed by atoms with Gasteiger partial charge < -0.3 is 5.21 Å². The molecule has 54 valence electrons. The zero-order valence-corrected chi connectivity index (χ0v) is 5.82. The molecule has 0 bridgehead atoms. The number of pyridine rings is 1. The Labute approximate surface area is 64.3 Å². The molecule has 0 aliphatic carbocycles. The van der Waals surface area contributed by atoms with E-state index in [1.54, 1.807) is 6.07 Å². The third-order valence-electron chi connectivity index (χ3n) is 1.58. The van der Waals surface area contributed by atoms with Gasteiger partial charge in [0.1, 0.15) is 6.20 Å². The molecule has 0 radical (unpaired) electrons. The quantitative estimate of drug-likeness (QED) is 0.311. The molecular formula is C9H6NO-. The van der Waals surface area contributed by atoms with Gasteiger partial charge in [-0.2, -0.15) is 0 Å². The van der Waals surface area contributed by atoms with Gasteiger partial charge in [-0.3, -0.25) is 4.73 Å². The van der Waals surface area contributed by atoms with Gasteiger partial charge in [0.05, 0.1) is 0 Å². The van der Waals surface area contributed by atoms with Crippen molar-refractivity contribution in [2.24, 2.45) is 0 Å². The second-order valence-corrected chi connectivity index (χ2v) is 2.34. The smallest absolute Gasteiger partial charge is 0.165 e. The fourth-order valence-electron chi connectivity index (χ4n) is 1.05. The third-order valence-corrected chi connectivity index (χ3v) is 1.58. The molecule has 0 fully saturated rings. The Kier molecular flexibility index (Phi) is 1.25. The summed E-state index contributed by atoms with van der Waals surface area (Å²) in [5.41, 5.74) is 0. The maximum absolute atomic E-state index is 10.7. The average Bonchev–Trinajstić information content (AvgIpc) is 2.04. The van der Waals surface area contributed by atoms with Crippen LogP contribution in [0, 0.1) is 11.4 Å². The first-order chi connectivity index (χ1) is 5.36. The second-order valence-electron chi connectivity index (χ2n) is 2.34. The van der Waals surface area contributed by atoms with Gasteiger partial charge >= 0.3 is 0 Å². The molecule has 0 atom stereocenters. The molecule has 1 heterocycles. The summed E-state index contributed by atoms with van der Waals surface area (Å²) in [5, 5.41) is 12.6. The largest absolute Gasteiger partial charge is 0.635 e. The highest BCUT2D eigenvalue weighted by atomic mass is 16.5. The molecule has 11 heavy (non-hydrogen) atoms. The standard InChI is InChI=1S/C9H6NO/c11-10-6-5-8-3-1-2-4-9(8)7-10/h1-6H/q-1. The summed E-state index contributed by atoms with van der Waals surface area (Å²) in [5.74, 6) is 0. The first-order valence-electron chi connectivity index (χ1n) is 3.36. The summed E-state index contributed by atoms with van der Waals surface area (Å²) in [4.78, 5) is 0. The van der Waals surface area contributed by atoms with Crippen LogP contribution in [0.15, 0.2) is 36.5 Å². The van der Waals surface area contributed by atoms with Gasteiger partial charge in [0, 0.05) is 0 Å². The van der Waals surface area contributed by atoms with Crippen molar-refractivity contribution in [3.8, 4) is 0 Å². The number of rotatable bonds is 0. The van der Waals surface area contributed by atoms with Crippen LogP contribution >= 0.6 is 0 Å². The molecule has 0 amide bonds. The highest BCUT2D eigenvalue weighted by Crippen LogP contribution is 2.08. The molecule has 0 N–H and O–H groups in total. The Morgan fingerprint density at radius 2 is 2.00 bits per heavy atom. The van der Waals surface area contributed by atoms with Crippen LogP contribution < -0.4 is 4.73 Å². The summed E-state index contributed by atoms with van der Waals surface area (Å²) in [6.07, 6.45) is 4.10. The summed E-state index contributed by atoms with van der Waals surface area (Å²) in [7, 11) is 0. The number of fused-ring (bicyclic) bond motifs is 1. The fourth-order valence-corrected chi connectivity index (χ4v) is 1.05. The maximum atomic E-state index is 10.7. The average molecular weight is 144 g/mol. The number of benzene rings is 1. The SMILES string of the molecule is [O-][n+]1[c-]c2ccccc2cc1. The van der Waals surface area contributed by atoms with E-state index in [-0.39, 0.29) is 0 Å². The lowest BCUT2D eigenvalue weighted by Crippen LogP contribution is -2.24. The molecule has 2 heteroatoms. The minimum Gasteiger partial charge on any atom is -0.635 e. The van der Waals surface area contributed by atoms with Gasteiger partial charge in [-0.15, -0.1) is 12.1 Å². The van der Waals surface area contributed by atoms with E-state index >= 15 is 0 Å². The Bertz CT molecular complexity index is 384. The Balaban J connectivity index is 2.83. The Hall–Kier alpha value is -1.57. The monoisotopic (exact) mass is 144 g/mol. The van der Waals surface area contributed by atoms with Crippen molar-refractivity contribution in [1.82, 2.24) is 0 Å². The van der Waals surface area contributed by atoms with E-state index in [2.05, 4.69) is 6.20 Å². The predicted octanol–water partition coefficient (Wildman–Crippen LogP) is 1.27. The van der Waals surface area contributed by atoms with Gasteiger partial charge in [-0.1, -0.05) is 29.0 Å². The van der Waals surface area contributed by atoms with Crippen molar-refractivity contribution in [1.29, 1.82) is 0 Å². The molecule has 1 aromatic heterocycles. The van der Waals surface area contributed by atoms with Crippen LogP contribution in [-0.4, -0.2) is 0 Å². The van der Waals surface area contributed by atoms with Gasteiger partial charge in [-0.05, 0) is 0 Å². The van der Waals surface area contributed by atoms with E-state index in [1.807, 2.05) is 24.3 Å². The lowest BCUT2D eigenvalue weighted by molar-refractivity contribution is -0.608. The third kappa shape index (κ3) is 1.03. The summed E-state index contributed by atoms with van der Waals surface area (Å²) >= 11 is 0. The molecule has 0 aliphatic heterocycles. The van der Waals surface area contributed by atoms with Crippen molar-refractivity contribution in [2.45, 2.75) is 0 Å². The van der Waals surface area contributed by atoms with E-state index in [4.69, 9.17) is 0 Å². The predicted molar refractivity (Wildman–Crippen MR) is 41.7 cm³/mol. The highest BCUT2D eigenvalue weighted by Gasteiger charge is 1.86. The Morgan fingerprint density at radius 3 is 2.91 bits per heavy atom. The molecule has 2 nitrogen and oxygen atoms in total. The zero-order valence-electron chi connectivity index (χ0n) is 5.82. The minimum atomic E-state index is 0.683. The van der Waals surface area contributed by atoms with Crippen molar-refractivity contribution in [3.63, 3.8) is 0 Å². The minimum absolute atomic E-state index is 0.683. The molecule has 1 aromatic carbocycles. The molecule has 0 spiro atoms. The molecule has 0 saturated carbocycles. The van der Waals surface area contributed by atoms with Crippen LogP contribution in [-0.2, 0) is 0 Å². The van der Waals surface area contributed by atoms with Crippen LogP contribution in [0.25, 0.3) is 10.8 Å². The molecule has 0 unspecified atom stereocenters. The highest BCUT2D eigenvalue weighted by molar-refractivity contribution is 5.79. The van der Waals surface area contributed by atoms with Crippen LogP contribution in [0.4, 0.5) is 0 Å². The van der Waals surface area contributed by atoms with Gasteiger partial charge in [-0.25, -0.2) is 0 Å². The van der Waals surface area contributed by atoms with Gasteiger partial charge in [0.25, 0.3) is 0 Å². The first kappa shape index (κ1) is 6.16. The molecule has 0 saturated heterocycles. The van der Waals surface area contributed by atoms with Crippen LogP contribution in [0.5, 0.6) is 0 Å². The van der Waals surface area contributed by atoms with E-state index < -0.39 is 0 Å².